The molecule has 3 aromatic rings. The number of anilines is 1. The van der Waals surface area contributed by atoms with Crippen LogP contribution >= 0.6 is 23.2 Å². The number of aromatic nitrogens is 3. The summed E-state index contributed by atoms with van der Waals surface area (Å²) in [6.45, 7) is -0.173. The average molecular weight is 357 g/mol. The SMILES string of the molecule is O=C(Cn1nnc2cc(Cl)c(Cl)cc21)Nc1ccc(F)c(F)c1. The summed E-state index contributed by atoms with van der Waals surface area (Å²) >= 11 is 11.8. The molecule has 2 aromatic carbocycles. The highest BCUT2D eigenvalue weighted by molar-refractivity contribution is 6.42. The zero-order valence-corrected chi connectivity index (χ0v) is 12.9. The van der Waals surface area contributed by atoms with E-state index in [0.717, 1.165) is 12.1 Å². The molecule has 118 valence electrons. The molecule has 0 aliphatic rings. The molecule has 0 spiro atoms. The fourth-order valence-corrected chi connectivity index (χ4v) is 2.31. The molecule has 0 radical (unpaired) electrons. The lowest BCUT2D eigenvalue weighted by molar-refractivity contribution is -0.116. The molecule has 0 saturated carbocycles. The highest BCUT2D eigenvalue weighted by Gasteiger charge is 2.12. The molecule has 1 aromatic heterocycles. The van der Waals surface area contributed by atoms with Gasteiger partial charge in [-0.2, -0.15) is 0 Å². The summed E-state index contributed by atoms with van der Waals surface area (Å²) in [4.78, 5) is 12.0. The fourth-order valence-electron chi connectivity index (χ4n) is 1.99. The van der Waals surface area contributed by atoms with E-state index in [4.69, 9.17) is 23.2 Å². The molecule has 0 fully saturated rings. The van der Waals surface area contributed by atoms with Gasteiger partial charge < -0.3 is 5.32 Å². The number of benzene rings is 2. The van der Waals surface area contributed by atoms with Crippen LogP contribution in [0.5, 0.6) is 0 Å². The number of hydrogen-bond donors (Lipinski definition) is 1. The van der Waals surface area contributed by atoms with Crippen molar-refractivity contribution < 1.29 is 13.6 Å². The average Bonchev–Trinajstić information content (AvgIpc) is 2.86. The number of fused-ring (bicyclic) bond motifs is 1. The second kappa shape index (κ2) is 6.10. The van der Waals surface area contributed by atoms with Crippen LogP contribution in [0.2, 0.25) is 10.0 Å². The predicted molar refractivity (Wildman–Crippen MR) is 82.5 cm³/mol. The van der Waals surface area contributed by atoms with Gasteiger partial charge in [0.05, 0.1) is 15.6 Å². The Morgan fingerprint density at radius 1 is 1.13 bits per heavy atom. The van der Waals surface area contributed by atoms with Crippen molar-refractivity contribution in [2.75, 3.05) is 5.32 Å². The molecule has 1 heterocycles. The van der Waals surface area contributed by atoms with Crippen LogP contribution in [-0.4, -0.2) is 20.9 Å². The number of nitrogens with zero attached hydrogens (tertiary/aromatic N) is 3. The number of carbonyl (C=O) groups excluding carboxylic acids is 1. The third-order valence-electron chi connectivity index (χ3n) is 3.05. The van der Waals surface area contributed by atoms with Crippen LogP contribution in [0.3, 0.4) is 0 Å². The Labute approximate surface area is 138 Å². The van der Waals surface area contributed by atoms with Gasteiger partial charge in [-0.1, -0.05) is 28.4 Å². The molecule has 0 bridgehead atoms. The summed E-state index contributed by atoms with van der Waals surface area (Å²) in [5.41, 5.74) is 1.15. The van der Waals surface area contributed by atoms with E-state index in [-0.39, 0.29) is 12.2 Å². The summed E-state index contributed by atoms with van der Waals surface area (Å²) in [5.74, 6) is -2.51. The molecule has 5 nitrogen and oxygen atoms in total. The quantitative estimate of drug-likeness (QED) is 0.778. The summed E-state index contributed by atoms with van der Waals surface area (Å²) in [6, 6.07) is 6.16. The summed E-state index contributed by atoms with van der Waals surface area (Å²) in [5, 5.41) is 10.8. The maximum Gasteiger partial charge on any atom is 0.246 e. The summed E-state index contributed by atoms with van der Waals surface area (Å²) in [6.07, 6.45) is 0. The first-order chi connectivity index (χ1) is 10.9. The monoisotopic (exact) mass is 356 g/mol. The highest BCUT2D eigenvalue weighted by Crippen LogP contribution is 2.26. The molecule has 1 amide bonds. The van der Waals surface area contributed by atoms with E-state index in [1.807, 2.05) is 0 Å². The molecular formula is C14H8Cl2F2N4O. The van der Waals surface area contributed by atoms with E-state index in [0.29, 0.717) is 21.1 Å². The molecule has 23 heavy (non-hydrogen) atoms. The van der Waals surface area contributed by atoms with Crippen molar-refractivity contribution in [2.45, 2.75) is 6.54 Å². The van der Waals surface area contributed by atoms with Gasteiger partial charge in [0.2, 0.25) is 5.91 Å². The molecule has 9 heteroatoms. The summed E-state index contributed by atoms with van der Waals surface area (Å²) in [7, 11) is 0. The molecule has 3 rings (SSSR count). The second-order valence-corrected chi connectivity index (χ2v) is 5.49. The molecule has 0 saturated heterocycles. The fraction of sp³-hybridized carbons (Fsp3) is 0.0714. The lowest BCUT2D eigenvalue weighted by Crippen LogP contribution is -2.19. The topological polar surface area (TPSA) is 59.8 Å². The number of nitrogens with one attached hydrogen (secondary N) is 1. The Morgan fingerprint density at radius 2 is 1.87 bits per heavy atom. The van der Waals surface area contributed by atoms with Crippen LogP contribution in [0.4, 0.5) is 14.5 Å². The summed E-state index contributed by atoms with van der Waals surface area (Å²) < 4.78 is 27.3. The van der Waals surface area contributed by atoms with E-state index < -0.39 is 17.5 Å². The Kier molecular flexibility index (Phi) is 4.14. The van der Waals surface area contributed by atoms with Gasteiger partial charge in [-0.25, -0.2) is 13.5 Å². The third kappa shape index (κ3) is 3.25. The van der Waals surface area contributed by atoms with Crippen molar-refractivity contribution in [1.29, 1.82) is 0 Å². The number of rotatable bonds is 3. The first-order valence-corrected chi connectivity index (χ1v) is 7.13. The van der Waals surface area contributed by atoms with Gasteiger partial charge in [-0.15, -0.1) is 5.10 Å². The van der Waals surface area contributed by atoms with E-state index in [1.54, 1.807) is 6.07 Å². The number of hydrogen-bond acceptors (Lipinski definition) is 3. The smallest absolute Gasteiger partial charge is 0.246 e. The van der Waals surface area contributed by atoms with Gasteiger partial charge in [-0.3, -0.25) is 4.79 Å². The Morgan fingerprint density at radius 3 is 2.61 bits per heavy atom. The molecule has 1 N–H and O–H groups in total. The van der Waals surface area contributed by atoms with Gasteiger partial charge in [0.15, 0.2) is 11.6 Å². The highest BCUT2D eigenvalue weighted by atomic mass is 35.5. The third-order valence-corrected chi connectivity index (χ3v) is 3.77. The maximum atomic E-state index is 13.1. The second-order valence-electron chi connectivity index (χ2n) is 4.68. The van der Waals surface area contributed by atoms with Crippen LogP contribution in [-0.2, 0) is 11.3 Å². The zero-order valence-electron chi connectivity index (χ0n) is 11.4. The standard InChI is InChI=1S/C14H8Cl2F2N4O/c15-8-4-12-13(5-9(8)16)22(21-20-12)6-14(23)19-7-1-2-10(17)11(18)3-7/h1-5H,6H2,(H,19,23). The van der Waals surface area contributed by atoms with Crippen molar-refractivity contribution in [3.63, 3.8) is 0 Å². The van der Waals surface area contributed by atoms with Crippen molar-refractivity contribution in [3.8, 4) is 0 Å². The zero-order chi connectivity index (χ0) is 16.6. The number of halogens is 4. The van der Waals surface area contributed by atoms with E-state index >= 15 is 0 Å². The van der Waals surface area contributed by atoms with Gasteiger partial charge in [-0.05, 0) is 24.3 Å². The molecular weight excluding hydrogens is 349 g/mol. The lowest BCUT2D eigenvalue weighted by Gasteiger charge is -2.06. The van der Waals surface area contributed by atoms with Gasteiger partial charge in [0, 0.05) is 11.8 Å². The Hall–Kier alpha value is -2.25. The lowest BCUT2D eigenvalue weighted by atomic mass is 10.3. The normalized spacial score (nSPS) is 11.0. The minimum Gasteiger partial charge on any atom is -0.324 e. The van der Waals surface area contributed by atoms with Gasteiger partial charge >= 0.3 is 0 Å². The first kappa shape index (κ1) is 15.6. The number of amides is 1. The molecule has 0 atom stereocenters. The van der Waals surface area contributed by atoms with Crippen LogP contribution in [0.15, 0.2) is 30.3 Å². The van der Waals surface area contributed by atoms with Gasteiger partial charge in [0.25, 0.3) is 0 Å². The van der Waals surface area contributed by atoms with E-state index in [9.17, 15) is 13.6 Å². The number of carbonyl (C=O) groups is 1. The first-order valence-electron chi connectivity index (χ1n) is 6.37. The Balaban J connectivity index is 1.80. The molecule has 0 aliphatic carbocycles. The van der Waals surface area contributed by atoms with Crippen LogP contribution in [0, 0.1) is 11.6 Å². The minimum atomic E-state index is -1.05. The Bertz CT molecular complexity index is 913. The van der Waals surface area contributed by atoms with Crippen molar-refractivity contribution >= 4 is 45.8 Å². The van der Waals surface area contributed by atoms with E-state index in [1.165, 1.54) is 16.8 Å². The van der Waals surface area contributed by atoms with E-state index in [2.05, 4.69) is 15.6 Å². The van der Waals surface area contributed by atoms with Crippen LogP contribution in [0.25, 0.3) is 11.0 Å². The molecule has 0 aliphatic heterocycles. The van der Waals surface area contributed by atoms with Crippen LogP contribution in [0.1, 0.15) is 0 Å². The largest absolute Gasteiger partial charge is 0.324 e. The van der Waals surface area contributed by atoms with Gasteiger partial charge in [0.1, 0.15) is 12.1 Å². The maximum absolute atomic E-state index is 13.1. The van der Waals surface area contributed by atoms with Crippen molar-refractivity contribution in [3.05, 3.63) is 52.0 Å². The van der Waals surface area contributed by atoms with Crippen LogP contribution < -0.4 is 5.32 Å². The predicted octanol–water partition coefficient (Wildman–Crippen LogP) is 3.66. The molecule has 0 unspecified atom stereocenters. The van der Waals surface area contributed by atoms with Crippen molar-refractivity contribution in [2.24, 2.45) is 0 Å². The van der Waals surface area contributed by atoms with Crippen molar-refractivity contribution in [1.82, 2.24) is 15.0 Å². The minimum absolute atomic E-state index is 0.138.